The van der Waals surface area contributed by atoms with Gasteiger partial charge in [-0.25, -0.2) is 0 Å². The molecule has 0 aromatic heterocycles. The molecule has 1 saturated carbocycles. The molecule has 2 aliphatic rings. The summed E-state index contributed by atoms with van der Waals surface area (Å²) in [7, 11) is 1.82. The van der Waals surface area contributed by atoms with Gasteiger partial charge in [0.2, 0.25) is 0 Å². The molecule has 1 saturated heterocycles. The molecular weight excluding hydrogens is 250 g/mol. The number of hydrogen-bond donors (Lipinski definition) is 1. The van der Waals surface area contributed by atoms with E-state index in [1.165, 1.54) is 32.2 Å². The molecule has 3 atom stereocenters. The van der Waals surface area contributed by atoms with Gasteiger partial charge in [-0.3, -0.25) is 5.32 Å². The maximum Gasteiger partial charge on any atom is 0.109 e. The van der Waals surface area contributed by atoms with Crippen molar-refractivity contribution in [3.05, 3.63) is 0 Å². The Bertz CT molecular complexity index is 341. The van der Waals surface area contributed by atoms with Crippen molar-refractivity contribution in [2.75, 3.05) is 33.3 Å². The van der Waals surface area contributed by atoms with Crippen LogP contribution in [0.3, 0.4) is 0 Å². The van der Waals surface area contributed by atoms with Gasteiger partial charge in [0.05, 0.1) is 12.2 Å². The third kappa shape index (κ3) is 3.52. The number of nitriles is 1. The average Bonchev–Trinajstić information content (AvgIpc) is 2.89. The summed E-state index contributed by atoms with van der Waals surface area (Å²) >= 11 is 0. The number of methoxy groups -OCH3 is 1. The standard InChI is InChI=1S/C16H29N3O/c1-3-18-16(13-17)9-4-6-14(16)8-11-19-10-5-7-15(12-19)20-2/h14-15,18H,3-12H2,1-2H3. The Balaban J connectivity index is 1.85. The Morgan fingerprint density at radius 1 is 1.40 bits per heavy atom. The van der Waals surface area contributed by atoms with Crippen molar-refractivity contribution in [2.24, 2.45) is 5.92 Å². The highest BCUT2D eigenvalue weighted by molar-refractivity contribution is 5.14. The van der Waals surface area contributed by atoms with E-state index >= 15 is 0 Å². The van der Waals surface area contributed by atoms with Gasteiger partial charge in [0.25, 0.3) is 0 Å². The molecule has 0 amide bonds. The van der Waals surface area contributed by atoms with Crippen molar-refractivity contribution >= 4 is 0 Å². The van der Waals surface area contributed by atoms with Crippen LogP contribution in [0, 0.1) is 17.2 Å². The van der Waals surface area contributed by atoms with Crippen LogP contribution in [0.15, 0.2) is 0 Å². The molecule has 1 N–H and O–H groups in total. The van der Waals surface area contributed by atoms with Gasteiger partial charge in [0.1, 0.15) is 5.54 Å². The first kappa shape index (κ1) is 15.8. The van der Waals surface area contributed by atoms with E-state index in [1.807, 2.05) is 7.11 Å². The second-order valence-corrected chi connectivity index (χ2v) is 6.29. The molecule has 1 aliphatic heterocycles. The molecule has 3 unspecified atom stereocenters. The van der Waals surface area contributed by atoms with Crippen LogP contribution in [0.1, 0.15) is 45.4 Å². The van der Waals surface area contributed by atoms with E-state index in [-0.39, 0.29) is 5.54 Å². The van der Waals surface area contributed by atoms with E-state index in [9.17, 15) is 5.26 Å². The fraction of sp³-hybridized carbons (Fsp3) is 0.938. The molecule has 0 radical (unpaired) electrons. The second-order valence-electron chi connectivity index (χ2n) is 6.29. The van der Waals surface area contributed by atoms with E-state index in [4.69, 9.17) is 4.74 Å². The predicted octanol–water partition coefficient (Wildman–Crippen LogP) is 2.16. The largest absolute Gasteiger partial charge is 0.380 e. The first-order chi connectivity index (χ1) is 9.74. The van der Waals surface area contributed by atoms with Gasteiger partial charge in [-0.2, -0.15) is 5.26 Å². The van der Waals surface area contributed by atoms with Crippen LogP contribution in [-0.4, -0.2) is 49.8 Å². The van der Waals surface area contributed by atoms with E-state index in [0.717, 1.165) is 32.5 Å². The van der Waals surface area contributed by atoms with Crippen LogP contribution in [0.4, 0.5) is 0 Å². The Morgan fingerprint density at radius 3 is 2.95 bits per heavy atom. The summed E-state index contributed by atoms with van der Waals surface area (Å²) in [6.45, 7) is 6.35. The molecule has 1 heterocycles. The smallest absolute Gasteiger partial charge is 0.109 e. The number of likely N-dealkylation sites (tertiary alicyclic amines) is 1. The van der Waals surface area contributed by atoms with E-state index in [1.54, 1.807) is 0 Å². The van der Waals surface area contributed by atoms with Crippen molar-refractivity contribution < 1.29 is 4.74 Å². The number of nitrogens with one attached hydrogen (secondary N) is 1. The summed E-state index contributed by atoms with van der Waals surface area (Å²) in [5, 5.41) is 13.1. The normalized spacial score (nSPS) is 35.0. The molecule has 20 heavy (non-hydrogen) atoms. The Hall–Kier alpha value is -0.630. The fourth-order valence-electron chi connectivity index (χ4n) is 3.95. The van der Waals surface area contributed by atoms with Crippen LogP contribution >= 0.6 is 0 Å². The van der Waals surface area contributed by atoms with Gasteiger partial charge in [0.15, 0.2) is 0 Å². The quantitative estimate of drug-likeness (QED) is 0.809. The van der Waals surface area contributed by atoms with E-state index in [2.05, 4.69) is 23.2 Å². The lowest BCUT2D eigenvalue weighted by molar-refractivity contribution is 0.0287. The first-order valence-corrected chi connectivity index (χ1v) is 8.15. The van der Waals surface area contributed by atoms with Crippen molar-refractivity contribution in [3.63, 3.8) is 0 Å². The minimum absolute atomic E-state index is 0.259. The molecule has 1 aliphatic carbocycles. The van der Waals surface area contributed by atoms with Crippen LogP contribution in [0.25, 0.3) is 0 Å². The molecule has 0 aromatic rings. The molecule has 0 aromatic carbocycles. The lowest BCUT2D eigenvalue weighted by Crippen LogP contribution is -2.48. The van der Waals surface area contributed by atoms with Crippen molar-refractivity contribution in [1.29, 1.82) is 5.26 Å². The molecule has 4 nitrogen and oxygen atoms in total. The summed E-state index contributed by atoms with van der Waals surface area (Å²) in [5.41, 5.74) is -0.259. The maximum absolute atomic E-state index is 9.59. The molecule has 2 fully saturated rings. The van der Waals surface area contributed by atoms with Gasteiger partial charge < -0.3 is 9.64 Å². The SMILES string of the molecule is CCNC1(C#N)CCCC1CCN1CCCC(OC)C1. The van der Waals surface area contributed by atoms with Crippen LogP contribution in [0.2, 0.25) is 0 Å². The maximum atomic E-state index is 9.59. The number of hydrogen-bond acceptors (Lipinski definition) is 4. The highest BCUT2D eigenvalue weighted by Gasteiger charge is 2.42. The zero-order valence-corrected chi connectivity index (χ0v) is 13.0. The summed E-state index contributed by atoms with van der Waals surface area (Å²) in [4.78, 5) is 2.52. The Kier molecular flexibility index (Phi) is 5.83. The van der Waals surface area contributed by atoms with Crippen LogP contribution < -0.4 is 5.32 Å². The minimum Gasteiger partial charge on any atom is -0.380 e. The monoisotopic (exact) mass is 279 g/mol. The fourth-order valence-corrected chi connectivity index (χ4v) is 3.95. The molecule has 4 heteroatoms. The Morgan fingerprint density at radius 2 is 2.25 bits per heavy atom. The second kappa shape index (κ2) is 7.40. The molecular formula is C16H29N3O. The van der Waals surface area contributed by atoms with Gasteiger partial charge in [-0.05, 0) is 57.7 Å². The van der Waals surface area contributed by atoms with Gasteiger partial charge in [0, 0.05) is 13.7 Å². The van der Waals surface area contributed by atoms with E-state index < -0.39 is 0 Å². The Labute approximate surface area is 123 Å². The zero-order chi connectivity index (χ0) is 14.4. The number of rotatable bonds is 6. The summed E-state index contributed by atoms with van der Waals surface area (Å²) in [6.07, 6.45) is 7.37. The van der Waals surface area contributed by atoms with Crippen molar-refractivity contribution in [2.45, 2.75) is 57.1 Å². The number of nitrogens with zero attached hydrogens (tertiary/aromatic N) is 2. The number of piperidine rings is 1. The molecule has 0 spiro atoms. The van der Waals surface area contributed by atoms with Crippen LogP contribution in [0.5, 0.6) is 0 Å². The lowest BCUT2D eigenvalue weighted by Gasteiger charge is -2.35. The zero-order valence-electron chi connectivity index (χ0n) is 13.0. The van der Waals surface area contributed by atoms with Crippen LogP contribution in [-0.2, 0) is 4.74 Å². The molecule has 114 valence electrons. The summed E-state index contributed by atoms with van der Waals surface area (Å²) in [6, 6.07) is 2.58. The topological polar surface area (TPSA) is 48.3 Å². The highest BCUT2D eigenvalue weighted by Crippen LogP contribution is 2.37. The average molecular weight is 279 g/mol. The third-order valence-corrected chi connectivity index (χ3v) is 5.10. The van der Waals surface area contributed by atoms with Crippen molar-refractivity contribution in [1.82, 2.24) is 10.2 Å². The minimum atomic E-state index is -0.259. The predicted molar refractivity (Wildman–Crippen MR) is 80.4 cm³/mol. The third-order valence-electron chi connectivity index (χ3n) is 5.10. The van der Waals surface area contributed by atoms with E-state index in [0.29, 0.717) is 12.0 Å². The van der Waals surface area contributed by atoms with Gasteiger partial charge in [-0.15, -0.1) is 0 Å². The van der Waals surface area contributed by atoms with Crippen molar-refractivity contribution in [3.8, 4) is 6.07 Å². The summed E-state index contributed by atoms with van der Waals surface area (Å²) in [5.74, 6) is 0.510. The first-order valence-electron chi connectivity index (χ1n) is 8.15. The number of ether oxygens (including phenoxy) is 1. The summed E-state index contributed by atoms with van der Waals surface area (Å²) < 4.78 is 5.49. The van der Waals surface area contributed by atoms with Gasteiger partial charge >= 0.3 is 0 Å². The van der Waals surface area contributed by atoms with Gasteiger partial charge in [-0.1, -0.05) is 13.3 Å². The highest BCUT2D eigenvalue weighted by atomic mass is 16.5. The molecule has 0 bridgehead atoms. The lowest BCUT2D eigenvalue weighted by atomic mass is 9.85. The molecule has 2 rings (SSSR count).